The van der Waals surface area contributed by atoms with E-state index in [1.165, 1.54) is 18.4 Å². The molecular weight excluding hydrogens is 210 g/mol. The lowest BCUT2D eigenvalue weighted by molar-refractivity contribution is -0.107. The Kier molecular flexibility index (Phi) is 4.35. The minimum atomic E-state index is 0.316. The second-order valence-corrected chi connectivity index (χ2v) is 4.32. The van der Waals surface area contributed by atoms with E-state index in [4.69, 9.17) is 0 Å². The van der Waals surface area contributed by atoms with Gasteiger partial charge in [-0.15, -0.1) is 0 Å². The highest BCUT2D eigenvalue weighted by molar-refractivity contribution is 5.55. The molecule has 1 aromatic rings. The molecule has 1 aliphatic heterocycles. The van der Waals surface area contributed by atoms with Gasteiger partial charge in [-0.2, -0.15) is 0 Å². The molecule has 0 unspecified atom stereocenters. The summed E-state index contributed by atoms with van der Waals surface area (Å²) < 4.78 is 0. The molecule has 0 aliphatic carbocycles. The summed E-state index contributed by atoms with van der Waals surface area (Å²) in [4.78, 5) is 10.1. The summed E-state index contributed by atoms with van der Waals surface area (Å²) >= 11 is 0. The molecule has 1 aliphatic rings. The molecule has 1 N–H and O–H groups in total. The number of piperidine rings is 1. The fourth-order valence-corrected chi connectivity index (χ4v) is 2.19. The van der Waals surface area contributed by atoms with Gasteiger partial charge < -0.3 is 10.1 Å². The fraction of sp³-hybridized carbons (Fsp3) is 0.400. The van der Waals surface area contributed by atoms with Crippen LogP contribution in [0.15, 0.2) is 24.3 Å². The average Bonchev–Trinajstić information content (AvgIpc) is 2.41. The van der Waals surface area contributed by atoms with Crippen molar-refractivity contribution in [3.63, 3.8) is 0 Å². The Bertz CT molecular complexity index is 418. The van der Waals surface area contributed by atoms with Crippen molar-refractivity contribution in [1.82, 2.24) is 5.32 Å². The molecule has 0 amide bonds. The van der Waals surface area contributed by atoms with Crippen LogP contribution in [0.4, 0.5) is 0 Å². The Morgan fingerprint density at radius 2 is 1.94 bits per heavy atom. The minimum absolute atomic E-state index is 0.316. The third-order valence-corrected chi connectivity index (χ3v) is 3.14. The first kappa shape index (κ1) is 11.9. The fourth-order valence-electron chi connectivity index (χ4n) is 2.19. The number of carbonyl (C=O) groups is 1. The van der Waals surface area contributed by atoms with Gasteiger partial charge in [-0.1, -0.05) is 24.0 Å². The molecule has 88 valence electrons. The van der Waals surface area contributed by atoms with Crippen LogP contribution in [0.1, 0.15) is 36.3 Å². The molecule has 0 bridgehead atoms. The quantitative estimate of drug-likeness (QED) is 0.619. The van der Waals surface area contributed by atoms with Gasteiger partial charge in [0.15, 0.2) is 0 Å². The first-order chi connectivity index (χ1) is 8.40. The molecule has 2 heteroatoms. The van der Waals surface area contributed by atoms with Crippen LogP contribution in [0.2, 0.25) is 0 Å². The molecule has 17 heavy (non-hydrogen) atoms. The van der Waals surface area contributed by atoms with Crippen LogP contribution < -0.4 is 5.32 Å². The molecule has 1 heterocycles. The maximum absolute atomic E-state index is 10.1. The Labute approximate surface area is 102 Å². The lowest BCUT2D eigenvalue weighted by atomic mass is 9.90. The number of benzene rings is 1. The van der Waals surface area contributed by atoms with Gasteiger partial charge in [0.05, 0.1) is 6.42 Å². The van der Waals surface area contributed by atoms with Gasteiger partial charge in [0.25, 0.3) is 0 Å². The van der Waals surface area contributed by atoms with Crippen LogP contribution in [0, 0.1) is 11.8 Å². The lowest BCUT2D eigenvalue weighted by Crippen LogP contribution is -2.26. The second kappa shape index (κ2) is 6.22. The minimum Gasteiger partial charge on any atom is -0.317 e. The predicted molar refractivity (Wildman–Crippen MR) is 68.8 cm³/mol. The van der Waals surface area contributed by atoms with Gasteiger partial charge in [0.2, 0.25) is 0 Å². The summed E-state index contributed by atoms with van der Waals surface area (Å²) in [5, 5.41) is 3.37. The zero-order valence-corrected chi connectivity index (χ0v) is 9.91. The molecule has 0 saturated carbocycles. The van der Waals surface area contributed by atoms with Crippen LogP contribution in [-0.2, 0) is 4.79 Å². The van der Waals surface area contributed by atoms with Crippen molar-refractivity contribution >= 4 is 6.29 Å². The van der Waals surface area contributed by atoms with E-state index >= 15 is 0 Å². The Balaban J connectivity index is 2.02. The molecule has 2 nitrogen and oxygen atoms in total. The monoisotopic (exact) mass is 227 g/mol. The molecule has 1 fully saturated rings. The van der Waals surface area contributed by atoms with E-state index in [9.17, 15) is 4.79 Å². The van der Waals surface area contributed by atoms with Gasteiger partial charge in [-0.25, -0.2) is 0 Å². The summed E-state index contributed by atoms with van der Waals surface area (Å²) in [6.45, 7) is 2.23. The number of rotatable bonds is 2. The number of aldehydes is 1. The largest absolute Gasteiger partial charge is 0.317 e. The second-order valence-electron chi connectivity index (χ2n) is 4.32. The van der Waals surface area contributed by atoms with Gasteiger partial charge >= 0.3 is 0 Å². The third-order valence-electron chi connectivity index (χ3n) is 3.14. The molecule has 2 rings (SSSR count). The first-order valence-corrected chi connectivity index (χ1v) is 6.13. The summed E-state index contributed by atoms with van der Waals surface area (Å²) in [7, 11) is 0. The molecule has 0 radical (unpaired) electrons. The Hall–Kier alpha value is -1.59. The number of carbonyl (C=O) groups excluding carboxylic acids is 1. The summed E-state index contributed by atoms with van der Waals surface area (Å²) in [6.07, 6.45) is 3.58. The normalized spacial score (nSPS) is 16.0. The molecule has 0 aromatic heterocycles. The van der Waals surface area contributed by atoms with E-state index in [1.807, 2.05) is 0 Å². The standard InChI is InChI=1S/C15H17NO/c17-12-2-1-3-13-4-6-14(7-5-13)15-8-10-16-11-9-15/h4-7,12,15-16H,2,8-11H2. The SMILES string of the molecule is O=CCC#Cc1ccc(C2CCNCC2)cc1. The van der Waals surface area contributed by atoms with E-state index in [0.717, 1.165) is 24.9 Å². The van der Waals surface area contributed by atoms with Crippen molar-refractivity contribution in [2.75, 3.05) is 13.1 Å². The van der Waals surface area contributed by atoms with Crippen molar-refractivity contribution in [2.45, 2.75) is 25.2 Å². The van der Waals surface area contributed by atoms with E-state index in [2.05, 4.69) is 41.4 Å². The lowest BCUT2D eigenvalue weighted by Gasteiger charge is -2.22. The van der Waals surface area contributed by atoms with Crippen LogP contribution in [-0.4, -0.2) is 19.4 Å². The highest BCUT2D eigenvalue weighted by Crippen LogP contribution is 2.24. The predicted octanol–water partition coefficient (Wildman–Crippen LogP) is 2.09. The van der Waals surface area contributed by atoms with Gasteiger partial charge in [0.1, 0.15) is 6.29 Å². The Morgan fingerprint density at radius 1 is 1.24 bits per heavy atom. The van der Waals surface area contributed by atoms with Crippen LogP contribution >= 0.6 is 0 Å². The molecule has 1 saturated heterocycles. The van der Waals surface area contributed by atoms with Crippen molar-refractivity contribution < 1.29 is 4.79 Å². The van der Waals surface area contributed by atoms with Gasteiger partial charge in [-0.3, -0.25) is 0 Å². The van der Waals surface area contributed by atoms with Gasteiger partial charge in [-0.05, 0) is 49.5 Å². The Morgan fingerprint density at radius 3 is 2.59 bits per heavy atom. The van der Waals surface area contributed by atoms with Crippen molar-refractivity contribution in [3.05, 3.63) is 35.4 Å². The number of nitrogens with one attached hydrogen (secondary N) is 1. The number of hydrogen-bond acceptors (Lipinski definition) is 2. The zero-order chi connectivity index (χ0) is 11.9. The maximum Gasteiger partial charge on any atom is 0.131 e. The first-order valence-electron chi connectivity index (χ1n) is 6.13. The number of hydrogen-bond donors (Lipinski definition) is 1. The molecule has 0 atom stereocenters. The van der Waals surface area contributed by atoms with E-state index in [0.29, 0.717) is 12.3 Å². The topological polar surface area (TPSA) is 29.1 Å². The average molecular weight is 227 g/mol. The maximum atomic E-state index is 10.1. The van der Waals surface area contributed by atoms with E-state index in [1.54, 1.807) is 0 Å². The van der Waals surface area contributed by atoms with Crippen LogP contribution in [0.5, 0.6) is 0 Å². The smallest absolute Gasteiger partial charge is 0.131 e. The van der Waals surface area contributed by atoms with Crippen LogP contribution in [0.25, 0.3) is 0 Å². The summed E-state index contributed by atoms with van der Waals surface area (Å²) in [6, 6.07) is 8.44. The molecular formula is C15H17NO. The van der Waals surface area contributed by atoms with Crippen molar-refractivity contribution in [3.8, 4) is 11.8 Å². The molecule has 1 aromatic carbocycles. The highest BCUT2D eigenvalue weighted by atomic mass is 16.1. The van der Waals surface area contributed by atoms with Crippen LogP contribution in [0.3, 0.4) is 0 Å². The third kappa shape index (κ3) is 3.44. The van der Waals surface area contributed by atoms with Crippen molar-refractivity contribution in [1.29, 1.82) is 0 Å². The van der Waals surface area contributed by atoms with E-state index in [-0.39, 0.29) is 0 Å². The van der Waals surface area contributed by atoms with Gasteiger partial charge in [0, 0.05) is 5.56 Å². The zero-order valence-electron chi connectivity index (χ0n) is 9.91. The molecule has 0 spiro atoms. The summed E-state index contributed by atoms with van der Waals surface area (Å²) in [5.41, 5.74) is 2.40. The summed E-state index contributed by atoms with van der Waals surface area (Å²) in [5.74, 6) is 6.49. The van der Waals surface area contributed by atoms with Crippen molar-refractivity contribution in [2.24, 2.45) is 0 Å². The van der Waals surface area contributed by atoms with E-state index < -0.39 is 0 Å². The highest BCUT2D eigenvalue weighted by Gasteiger charge is 2.14.